The first-order valence-electron chi connectivity index (χ1n) is 10.3. The van der Waals surface area contributed by atoms with E-state index >= 15 is 0 Å². The second-order valence-electron chi connectivity index (χ2n) is 7.02. The fourth-order valence-electron chi connectivity index (χ4n) is 3.07. The molecule has 0 saturated heterocycles. The number of hydrogen-bond acceptors (Lipinski definition) is 3. The average Bonchev–Trinajstić information content (AvgIpc) is 3.18. The first-order valence-corrected chi connectivity index (χ1v) is 10.3. The Labute approximate surface area is 172 Å². The monoisotopic (exact) mass is 391 g/mol. The van der Waals surface area contributed by atoms with E-state index < -0.39 is 0 Å². The van der Waals surface area contributed by atoms with E-state index in [1.54, 1.807) is 0 Å². The van der Waals surface area contributed by atoms with Crippen LogP contribution in [0.3, 0.4) is 0 Å². The van der Waals surface area contributed by atoms with Gasteiger partial charge in [0.2, 0.25) is 0 Å². The number of carbonyl (C=O) groups is 1. The summed E-state index contributed by atoms with van der Waals surface area (Å²) in [6.45, 7) is 4.81. The maximum atomic E-state index is 12.8. The third kappa shape index (κ3) is 6.29. The summed E-state index contributed by atoms with van der Waals surface area (Å²) < 4.78 is 7.39. The van der Waals surface area contributed by atoms with Crippen LogP contribution in [0.1, 0.15) is 42.1 Å². The summed E-state index contributed by atoms with van der Waals surface area (Å²) in [5, 5.41) is 7.71. The van der Waals surface area contributed by atoms with E-state index in [2.05, 4.69) is 24.4 Å². The average molecular weight is 392 g/mol. The highest BCUT2D eigenvalue weighted by molar-refractivity contribution is 5.99. The molecule has 3 aromatic rings. The SMILES string of the molecule is CCCCOCCCNC(=O)c1cn(Cc2ccccc2)nc1-c1ccccc1. The van der Waals surface area contributed by atoms with Gasteiger partial charge in [-0.15, -0.1) is 0 Å². The number of rotatable bonds is 11. The second-order valence-corrected chi connectivity index (χ2v) is 7.02. The Hall–Kier alpha value is -2.92. The number of carbonyl (C=O) groups excluding carboxylic acids is 1. The van der Waals surface area contributed by atoms with Gasteiger partial charge in [0, 0.05) is 31.5 Å². The molecule has 0 bridgehead atoms. The molecule has 2 aromatic carbocycles. The van der Waals surface area contributed by atoms with E-state index in [1.807, 2.05) is 59.4 Å². The van der Waals surface area contributed by atoms with Gasteiger partial charge in [-0.1, -0.05) is 74.0 Å². The summed E-state index contributed by atoms with van der Waals surface area (Å²) in [7, 11) is 0. The van der Waals surface area contributed by atoms with Crippen molar-refractivity contribution in [1.29, 1.82) is 0 Å². The minimum Gasteiger partial charge on any atom is -0.381 e. The van der Waals surface area contributed by atoms with Gasteiger partial charge in [-0.25, -0.2) is 0 Å². The largest absolute Gasteiger partial charge is 0.381 e. The van der Waals surface area contributed by atoms with E-state index in [-0.39, 0.29) is 5.91 Å². The lowest BCUT2D eigenvalue weighted by atomic mass is 10.1. The lowest BCUT2D eigenvalue weighted by Crippen LogP contribution is -2.25. The third-order valence-electron chi connectivity index (χ3n) is 4.63. The van der Waals surface area contributed by atoms with Crippen molar-refractivity contribution in [3.63, 3.8) is 0 Å². The van der Waals surface area contributed by atoms with Gasteiger partial charge in [0.1, 0.15) is 5.69 Å². The zero-order valence-corrected chi connectivity index (χ0v) is 17.0. The number of nitrogens with one attached hydrogen (secondary N) is 1. The van der Waals surface area contributed by atoms with Crippen molar-refractivity contribution in [3.8, 4) is 11.3 Å². The molecule has 1 heterocycles. The number of amides is 1. The van der Waals surface area contributed by atoms with Gasteiger partial charge in [0.05, 0.1) is 12.1 Å². The van der Waals surface area contributed by atoms with Gasteiger partial charge < -0.3 is 10.1 Å². The highest BCUT2D eigenvalue weighted by Crippen LogP contribution is 2.22. The van der Waals surface area contributed by atoms with Gasteiger partial charge >= 0.3 is 0 Å². The van der Waals surface area contributed by atoms with Crippen LogP contribution in [0.5, 0.6) is 0 Å². The maximum absolute atomic E-state index is 12.8. The van der Waals surface area contributed by atoms with Crippen LogP contribution in [-0.4, -0.2) is 35.4 Å². The molecule has 0 aliphatic rings. The molecule has 3 rings (SSSR count). The molecule has 0 fully saturated rings. The van der Waals surface area contributed by atoms with Gasteiger partial charge in [0.25, 0.3) is 5.91 Å². The number of benzene rings is 2. The minimum absolute atomic E-state index is 0.100. The van der Waals surface area contributed by atoms with Crippen LogP contribution in [0.4, 0.5) is 0 Å². The van der Waals surface area contributed by atoms with Crippen molar-refractivity contribution in [2.45, 2.75) is 32.7 Å². The predicted octanol–water partition coefficient (Wildman–Crippen LogP) is 4.54. The molecular weight excluding hydrogens is 362 g/mol. The van der Waals surface area contributed by atoms with Crippen molar-refractivity contribution in [1.82, 2.24) is 15.1 Å². The van der Waals surface area contributed by atoms with Crippen LogP contribution < -0.4 is 5.32 Å². The Morgan fingerprint density at radius 1 is 1.00 bits per heavy atom. The lowest BCUT2D eigenvalue weighted by Gasteiger charge is -2.06. The summed E-state index contributed by atoms with van der Waals surface area (Å²) >= 11 is 0. The summed E-state index contributed by atoms with van der Waals surface area (Å²) in [4.78, 5) is 12.8. The van der Waals surface area contributed by atoms with E-state index in [1.165, 1.54) is 0 Å². The highest BCUT2D eigenvalue weighted by Gasteiger charge is 2.17. The van der Waals surface area contributed by atoms with Crippen LogP contribution >= 0.6 is 0 Å². The number of hydrogen-bond donors (Lipinski definition) is 1. The first-order chi connectivity index (χ1) is 14.3. The molecule has 5 nitrogen and oxygen atoms in total. The van der Waals surface area contributed by atoms with Crippen LogP contribution in [0.15, 0.2) is 66.9 Å². The zero-order chi connectivity index (χ0) is 20.3. The lowest BCUT2D eigenvalue weighted by molar-refractivity contribution is 0.0941. The molecule has 0 spiro atoms. The predicted molar refractivity (Wildman–Crippen MR) is 116 cm³/mol. The van der Waals surface area contributed by atoms with E-state index in [9.17, 15) is 4.79 Å². The molecule has 0 atom stereocenters. The third-order valence-corrected chi connectivity index (χ3v) is 4.63. The molecule has 1 N–H and O–H groups in total. The highest BCUT2D eigenvalue weighted by atomic mass is 16.5. The molecule has 0 saturated carbocycles. The van der Waals surface area contributed by atoms with Crippen LogP contribution in [-0.2, 0) is 11.3 Å². The molecule has 0 radical (unpaired) electrons. The molecule has 0 aliphatic carbocycles. The quantitative estimate of drug-likeness (QED) is 0.489. The van der Waals surface area contributed by atoms with Crippen LogP contribution in [0, 0.1) is 0 Å². The van der Waals surface area contributed by atoms with Gasteiger partial charge in [0.15, 0.2) is 0 Å². The smallest absolute Gasteiger partial charge is 0.255 e. The molecule has 152 valence electrons. The summed E-state index contributed by atoms with van der Waals surface area (Å²) in [6, 6.07) is 20.0. The Morgan fingerprint density at radius 2 is 1.69 bits per heavy atom. The summed E-state index contributed by atoms with van der Waals surface area (Å²) in [5.74, 6) is -0.100. The van der Waals surface area contributed by atoms with Gasteiger partial charge in [-0.3, -0.25) is 9.48 Å². The Morgan fingerprint density at radius 3 is 2.41 bits per heavy atom. The number of nitrogens with zero attached hydrogens (tertiary/aromatic N) is 2. The van der Waals surface area contributed by atoms with Crippen molar-refractivity contribution in [2.75, 3.05) is 19.8 Å². The summed E-state index contributed by atoms with van der Waals surface area (Å²) in [5.41, 5.74) is 3.38. The number of unbranched alkanes of at least 4 members (excludes halogenated alkanes) is 1. The van der Waals surface area contributed by atoms with Crippen molar-refractivity contribution < 1.29 is 9.53 Å². The second kappa shape index (κ2) is 11.2. The molecule has 1 aromatic heterocycles. The molecule has 29 heavy (non-hydrogen) atoms. The molecule has 0 unspecified atom stereocenters. The fourth-order valence-corrected chi connectivity index (χ4v) is 3.07. The van der Waals surface area contributed by atoms with Crippen LogP contribution in [0.2, 0.25) is 0 Å². The van der Waals surface area contributed by atoms with E-state index in [0.29, 0.717) is 31.0 Å². The topological polar surface area (TPSA) is 56.1 Å². The maximum Gasteiger partial charge on any atom is 0.255 e. The fraction of sp³-hybridized carbons (Fsp3) is 0.333. The number of ether oxygens (including phenoxy) is 1. The normalized spacial score (nSPS) is 10.8. The first kappa shape index (κ1) is 20.8. The Balaban J connectivity index is 1.68. The van der Waals surface area contributed by atoms with Gasteiger partial charge in [-0.2, -0.15) is 5.10 Å². The molecule has 1 amide bonds. The van der Waals surface area contributed by atoms with E-state index in [4.69, 9.17) is 9.84 Å². The molecule has 0 aliphatic heterocycles. The van der Waals surface area contributed by atoms with Crippen molar-refractivity contribution in [2.24, 2.45) is 0 Å². The zero-order valence-electron chi connectivity index (χ0n) is 17.0. The summed E-state index contributed by atoms with van der Waals surface area (Å²) in [6.07, 6.45) is 4.84. The van der Waals surface area contributed by atoms with Crippen LogP contribution in [0.25, 0.3) is 11.3 Å². The Kier molecular flexibility index (Phi) is 8.01. The molecular formula is C24H29N3O2. The van der Waals surface area contributed by atoms with Crippen molar-refractivity contribution >= 4 is 5.91 Å². The standard InChI is InChI=1S/C24H29N3O2/c1-2-3-16-29-17-10-15-25-24(28)22-19-27(18-20-11-6-4-7-12-20)26-23(22)21-13-8-5-9-14-21/h4-9,11-14,19H,2-3,10,15-18H2,1H3,(H,25,28). The number of aromatic nitrogens is 2. The minimum atomic E-state index is -0.100. The Bertz CT molecular complexity index is 876. The van der Waals surface area contributed by atoms with E-state index in [0.717, 1.165) is 37.0 Å². The molecule has 5 heteroatoms. The van der Waals surface area contributed by atoms with Crippen molar-refractivity contribution in [3.05, 3.63) is 78.0 Å². The van der Waals surface area contributed by atoms with Gasteiger partial charge in [-0.05, 0) is 18.4 Å².